The summed E-state index contributed by atoms with van der Waals surface area (Å²) in [5, 5.41) is 21.5. The molecule has 0 bridgehead atoms. The lowest BCUT2D eigenvalue weighted by Gasteiger charge is -2.40. The molecule has 0 amide bonds. The lowest BCUT2D eigenvalue weighted by Crippen LogP contribution is -2.57. The highest BCUT2D eigenvalue weighted by Gasteiger charge is 2.37. The van der Waals surface area contributed by atoms with E-state index in [-0.39, 0.29) is 0 Å². The van der Waals surface area contributed by atoms with Crippen molar-refractivity contribution in [3.63, 3.8) is 0 Å². The molecule has 0 heterocycles. The Bertz CT molecular complexity index is 246. The van der Waals surface area contributed by atoms with Crippen LogP contribution in [0.1, 0.15) is 34.1 Å². The standard InChI is InChI=1S/C10H18O5/c1-6(2)10(9(13)14,5-8(11)12)15-7(3)4/h6-7H,5H2,1-4H3,(H,11,12)(H,13,14)/p-2. The van der Waals surface area contributed by atoms with Crippen molar-refractivity contribution in [2.45, 2.75) is 45.8 Å². The second kappa shape index (κ2) is 5.11. The van der Waals surface area contributed by atoms with E-state index < -0.39 is 36.0 Å². The second-order valence-electron chi connectivity index (χ2n) is 4.05. The van der Waals surface area contributed by atoms with Gasteiger partial charge in [-0.3, -0.25) is 0 Å². The number of carboxylic acids is 2. The van der Waals surface area contributed by atoms with Crippen LogP contribution in [-0.4, -0.2) is 23.6 Å². The molecule has 1 unspecified atom stereocenters. The van der Waals surface area contributed by atoms with Crippen molar-refractivity contribution in [3.05, 3.63) is 0 Å². The predicted octanol–water partition coefficient (Wildman–Crippen LogP) is -1.30. The molecule has 0 saturated heterocycles. The largest absolute Gasteiger partial charge is 0.550 e. The minimum atomic E-state index is -1.81. The first-order valence-corrected chi connectivity index (χ1v) is 4.81. The van der Waals surface area contributed by atoms with Crippen LogP contribution in [0.4, 0.5) is 0 Å². The molecule has 0 radical (unpaired) electrons. The molecule has 1 atom stereocenters. The number of carboxylic acid groups (broad SMARTS) is 2. The highest BCUT2D eigenvalue weighted by atomic mass is 16.5. The average Bonchev–Trinajstić information content (AvgIpc) is 1.99. The summed E-state index contributed by atoms with van der Waals surface area (Å²) in [6.45, 7) is 6.41. The summed E-state index contributed by atoms with van der Waals surface area (Å²) in [6, 6.07) is 0. The van der Waals surface area contributed by atoms with Gasteiger partial charge in [0.1, 0.15) is 5.60 Å². The number of carbonyl (C=O) groups excluding carboxylic acids is 2. The molecule has 0 aromatic carbocycles. The quantitative estimate of drug-likeness (QED) is 0.550. The van der Waals surface area contributed by atoms with Gasteiger partial charge >= 0.3 is 0 Å². The molecular weight excluding hydrogens is 200 g/mol. The van der Waals surface area contributed by atoms with Crippen LogP contribution in [0, 0.1) is 5.92 Å². The van der Waals surface area contributed by atoms with Gasteiger partial charge in [-0.1, -0.05) is 13.8 Å². The van der Waals surface area contributed by atoms with Crippen LogP contribution < -0.4 is 10.2 Å². The van der Waals surface area contributed by atoms with E-state index in [2.05, 4.69) is 0 Å². The van der Waals surface area contributed by atoms with E-state index in [1.54, 1.807) is 27.7 Å². The lowest BCUT2D eigenvalue weighted by atomic mass is 9.86. The topological polar surface area (TPSA) is 89.5 Å². The van der Waals surface area contributed by atoms with Crippen molar-refractivity contribution >= 4 is 11.9 Å². The van der Waals surface area contributed by atoms with E-state index in [0.29, 0.717) is 0 Å². The third-order valence-corrected chi connectivity index (χ3v) is 2.13. The van der Waals surface area contributed by atoms with Gasteiger partial charge in [-0.25, -0.2) is 0 Å². The Kier molecular flexibility index (Phi) is 4.74. The molecule has 0 rings (SSSR count). The van der Waals surface area contributed by atoms with E-state index in [9.17, 15) is 19.8 Å². The molecule has 15 heavy (non-hydrogen) atoms. The molecule has 0 N–H and O–H groups in total. The average molecular weight is 216 g/mol. The Morgan fingerprint density at radius 1 is 1.20 bits per heavy atom. The molecule has 0 fully saturated rings. The van der Waals surface area contributed by atoms with Gasteiger partial charge in [0.05, 0.1) is 12.1 Å². The first-order valence-electron chi connectivity index (χ1n) is 4.81. The number of aliphatic carboxylic acids is 2. The first kappa shape index (κ1) is 13.9. The zero-order chi connectivity index (χ0) is 12.2. The van der Waals surface area contributed by atoms with Crippen molar-refractivity contribution in [1.29, 1.82) is 0 Å². The molecule has 0 spiro atoms. The van der Waals surface area contributed by atoms with Crippen LogP contribution in [0.25, 0.3) is 0 Å². The maximum atomic E-state index is 11.0. The van der Waals surface area contributed by atoms with Crippen molar-refractivity contribution in [2.75, 3.05) is 0 Å². The van der Waals surface area contributed by atoms with E-state index in [1.165, 1.54) is 0 Å². The van der Waals surface area contributed by atoms with E-state index in [4.69, 9.17) is 4.74 Å². The predicted molar refractivity (Wildman–Crippen MR) is 48.4 cm³/mol. The third-order valence-electron chi connectivity index (χ3n) is 2.13. The Morgan fingerprint density at radius 3 is 1.87 bits per heavy atom. The molecule has 0 saturated carbocycles. The summed E-state index contributed by atoms with van der Waals surface area (Å²) in [5.41, 5.74) is -1.81. The summed E-state index contributed by atoms with van der Waals surface area (Å²) < 4.78 is 5.19. The number of carbonyl (C=O) groups is 2. The van der Waals surface area contributed by atoms with Crippen molar-refractivity contribution < 1.29 is 24.5 Å². The highest BCUT2D eigenvalue weighted by molar-refractivity contribution is 5.82. The molecule has 5 nitrogen and oxygen atoms in total. The number of hydrogen-bond donors (Lipinski definition) is 0. The fraction of sp³-hybridized carbons (Fsp3) is 0.800. The number of hydrogen-bond acceptors (Lipinski definition) is 5. The van der Waals surface area contributed by atoms with E-state index >= 15 is 0 Å². The van der Waals surface area contributed by atoms with Crippen LogP contribution in [0.15, 0.2) is 0 Å². The van der Waals surface area contributed by atoms with Gasteiger partial charge < -0.3 is 24.5 Å². The minimum Gasteiger partial charge on any atom is -0.550 e. The van der Waals surface area contributed by atoms with Gasteiger partial charge in [-0.15, -0.1) is 0 Å². The van der Waals surface area contributed by atoms with Crippen LogP contribution in [0.2, 0.25) is 0 Å². The molecule has 0 aliphatic carbocycles. The molecule has 5 heteroatoms. The van der Waals surface area contributed by atoms with Crippen molar-refractivity contribution in [2.24, 2.45) is 5.92 Å². The third kappa shape index (κ3) is 3.51. The SMILES string of the molecule is CC(C)OC(CC(=O)[O-])(C(=O)[O-])C(C)C. The Labute approximate surface area is 89.0 Å². The maximum Gasteiger partial charge on any atom is 0.115 e. The zero-order valence-corrected chi connectivity index (χ0v) is 9.40. The summed E-state index contributed by atoms with van der Waals surface area (Å²) in [7, 11) is 0. The molecule has 0 aliphatic rings. The molecule has 88 valence electrons. The fourth-order valence-electron chi connectivity index (χ4n) is 1.37. The van der Waals surface area contributed by atoms with Crippen LogP contribution in [0.5, 0.6) is 0 Å². The summed E-state index contributed by atoms with van der Waals surface area (Å²) >= 11 is 0. The van der Waals surface area contributed by atoms with Gasteiger partial charge in [0.2, 0.25) is 0 Å². The smallest absolute Gasteiger partial charge is 0.115 e. The number of ether oxygens (including phenoxy) is 1. The first-order chi connectivity index (χ1) is 6.72. The maximum absolute atomic E-state index is 11.0. The molecule has 0 aliphatic heterocycles. The van der Waals surface area contributed by atoms with Crippen LogP contribution in [0.3, 0.4) is 0 Å². The Balaban J connectivity index is 5.07. The highest BCUT2D eigenvalue weighted by Crippen LogP contribution is 2.27. The van der Waals surface area contributed by atoms with E-state index in [0.717, 1.165) is 0 Å². The lowest BCUT2D eigenvalue weighted by molar-refractivity contribution is -0.342. The normalized spacial score (nSPS) is 15.3. The van der Waals surface area contributed by atoms with Crippen molar-refractivity contribution in [1.82, 2.24) is 0 Å². The Morgan fingerprint density at radius 2 is 1.67 bits per heavy atom. The van der Waals surface area contributed by atoms with Gasteiger partial charge in [-0.05, 0) is 19.8 Å². The van der Waals surface area contributed by atoms with Gasteiger partial charge in [0.15, 0.2) is 0 Å². The molecular formula is C10H16O5-2. The summed E-state index contributed by atoms with van der Waals surface area (Å²) in [5.74, 6) is -3.49. The molecule has 0 aromatic rings. The van der Waals surface area contributed by atoms with Gasteiger partial charge in [-0.2, -0.15) is 0 Å². The summed E-state index contributed by atoms with van der Waals surface area (Å²) in [6.07, 6.45) is -1.10. The zero-order valence-electron chi connectivity index (χ0n) is 9.40. The number of rotatable bonds is 6. The van der Waals surface area contributed by atoms with Crippen LogP contribution in [-0.2, 0) is 14.3 Å². The van der Waals surface area contributed by atoms with Gasteiger partial charge in [0.25, 0.3) is 0 Å². The summed E-state index contributed by atoms with van der Waals surface area (Å²) in [4.78, 5) is 21.5. The monoisotopic (exact) mass is 216 g/mol. The minimum absolute atomic E-state index is 0.398. The Hall–Kier alpha value is -1.10. The second-order valence-corrected chi connectivity index (χ2v) is 4.05. The van der Waals surface area contributed by atoms with Crippen molar-refractivity contribution in [3.8, 4) is 0 Å². The molecule has 0 aromatic heterocycles. The van der Waals surface area contributed by atoms with Crippen LogP contribution >= 0.6 is 0 Å². The fourth-order valence-corrected chi connectivity index (χ4v) is 1.37. The van der Waals surface area contributed by atoms with E-state index in [1.807, 2.05) is 0 Å². The van der Waals surface area contributed by atoms with Gasteiger partial charge in [0, 0.05) is 12.4 Å².